The lowest BCUT2D eigenvalue weighted by Gasteiger charge is -2.14. The van der Waals surface area contributed by atoms with Crippen LogP contribution < -0.4 is 0 Å². The first-order chi connectivity index (χ1) is 14.1. The van der Waals surface area contributed by atoms with Gasteiger partial charge in [-0.15, -0.1) is 0 Å². The molecule has 1 aliphatic carbocycles. The molecule has 1 aromatic heterocycles. The van der Waals surface area contributed by atoms with Crippen molar-refractivity contribution in [3.05, 3.63) is 70.2 Å². The van der Waals surface area contributed by atoms with Crippen LogP contribution in [0.3, 0.4) is 0 Å². The molecule has 0 bridgehead atoms. The summed E-state index contributed by atoms with van der Waals surface area (Å²) in [5.74, 6) is 0.669. The number of rotatable bonds is 8. The highest BCUT2D eigenvalue weighted by molar-refractivity contribution is 5.81. The Kier molecular flexibility index (Phi) is 6.37. The number of aryl methyl sites for hydroxylation is 4. The predicted octanol–water partition coefficient (Wildman–Crippen LogP) is 7.79. The van der Waals surface area contributed by atoms with Gasteiger partial charge in [-0.3, -0.25) is 0 Å². The molecule has 0 atom stereocenters. The minimum absolute atomic E-state index is 0.0845. The predicted molar refractivity (Wildman–Crippen MR) is 121 cm³/mol. The molecule has 2 aromatic carbocycles. The fourth-order valence-corrected chi connectivity index (χ4v) is 5.02. The van der Waals surface area contributed by atoms with Crippen LogP contribution in [-0.2, 0) is 19.3 Å². The SMILES string of the molecule is CCCCCc1cc2cc(CCc3ccc(C4CCCC4)c(C)c3)c(F)cc2[nH]1. The van der Waals surface area contributed by atoms with Crippen LogP contribution in [0.15, 0.2) is 36.4 Å². The summed E-state index contributed by atoms with van der Waals surface area (Å²) in [5, 5.41) is 1.14. The summed E-state index contributed by atoms with van der Waals surface area (Å²) in [6.07, 6.45) is 11.8. The molecule has 1 nitrogen and oxygen atoms in total. The van der Waals surface area contributed by atoms with E-state index >= 15 is 0 Å². The number of unbranched alkanes of at least 4 members (excludes halogenated alkanes) is 2. The molecule has 1 N–H and O–H groups in total. The summed E-state index contributed by atoms with van der Waals surface area (Å²) in [5.41, 5.74) is 7.24. The minimum Gasteiger partial charge on any atom is -0.358 e. The highest BCUT2D eigenvalue weighted by atomic mass is 19.1. The lowest BCUT2D eigenvalue weighted by Crippen LogP contribution is -1.99. The molecule has 1 fully saturated rings. The van der Waals surface area contributed by atoms with Crippen LogP contribution in [0.25, 0.3) is 10.9 Å². The Labute approximate surface area is 174 Å². The van der Waals surface area contributed by atoms with Crippen LogP contribution in [-0.4, -0.2) is 4.98 Å². The van der Waals surface area contributed by atoms with Crippen molar-refractivity contribution < 1.29 is 4.39 Å². The largest absolute Gasteiger partial charge is 0.358 e. The summed E-state index contributed by atoms with van der Waals surface area (Å²) in [6, 6.07) is 12.8. The molecule has 1 saturated carbocycles. The van der Waals surface area contributed by atoms with E-state index in [9.17, 15) is 4.39 Å². The van der Waals surface area contributed by atoms with Crippen molar-refractivity contribution in [3.8, 4) is 0 Å². The fraction of sp³-hybridized carbons (Fsp3) is 0.481. The zero-order chi connectivity index (χ0) is 20.2. The molecule has 1 aliphatic rings. The first kappa shape index (κ1) is 20.2. The smallest absolute Gasteiger partial charge is 0.128 e. The van der Waals surface area contributed by atoms with Crippen molar-refractivity contribution in [2.24, 2.45) is 0 Å². The summed E-state index contributed by atoms with van der Waals surface area (Å²) >= 11 is 0. The maximum atomic E-state index is 14.7. The van der Waals surface area contributed by atoms with E-state index in [0.29, 0.717) is 0 Å². The monoisotopic (exact) mass is 391 g/mol. The number of fused-ring (bicyclic) bond motifs is 1. The van der Waals surface area contributed by atoms with E-state index < -0.39 is 0 Å². The van der Waals surface area contributed by atoms with Gasteiger partial charge < -0.3 is 4.98 Å². The van der Waals surface area contributed by atoms with E-state index in [1.165, 1.54) is 67.3 Å². The van der Waals surface area contributed by atoms with Crippen molar-refractivity contribution in [1.82, 2.24) is 4.98 Å². The van der Waals surface area contributed by atoms with Crippen molar-refractivity contribution in [3.63, 3.8) is 0 Å². The number of hydrogen-bond donors (Lipinski definition) is 1. The summed E-state index contributed by atoms with van der Waals surface area (Å²) in [6.45, 7) is 4.46. The van der Waals surface area contributed by atoms with Crippen molar-refractivity contribution >= 4 is 10.9 Å². The Morgan fingerprint density at radius 3 is 2.55 bits per heavy atom. The van der Waals surface area contributed by atoms with Gasteiger partial charge >= 0.3 is 0 Å². The van der Waals surface area contributed by atoms with E-state index in [1.54, 1.807) is 6.07 Å². The Balaban J connectivity index is 1.44. The van der Waals surface area contributed by atoms with Gasteiger partial charge in [0.1, 0.15) is 5.82 Å². The summed E-state index contributed by atoms with van der Waals surface area (Å²) in [7, 11) is 0. The summed E-state index contributed by atoms with van der Waals surface area (Å²) < 4.78 is 14.7. The van der Waals surface area contributed by atoms with Gasteiger partial charge in [0.15, 0.2) is 0 Å². The maximum Gasteiger partial charge on any atom is 0.128 e. The number of aromatic amines is 1. The van der Waals surface area contributed by atoms with Crippen molar-refractivity contribution in [2.75, 3.05) is 0 Å². The third-order valence-electron chi connectivity index (χ3n) is 6.71. The van der Waals surface area contributed by atoms with Crippen LogP contribution in [0, 0.1) is 12.7 Å². The molecule has 0 aliphatic heterocycles. The van der Waals surface area contributed by atoms with E-state index in [1.807, 2.05) is 6.07 Å². The molecule has 2 heteroatoms. The van der Waals surface area contributed by atoms with Gasteiger partial charge in [-0.2, -0.15) is 0 Å². The van der Waals surface area contributed by atoms with Crippen LogP contribution in [0.1, 0.15) is 85.7 Å². The number of nitrogens with one attached hydrogen (secondary N) is 1. The van der Waals surface area contributed by atoms with E-state index in [0.717, 1.165) is 41.6 Å². The van der Waals surface area contributed by atoms with Gasteiger partial charge in [0.2, 0.25) is 0 Å². The van der Waals surface area contributed by atoms with Crippen LogP contribution >= 0.6 is 0 Å². The molecule has 1 heterocycles. The standard InChI is InChI=1S/C27H34FN/c1-3-4-5-10-24-17-23-16-22(26(28)18-27(23)29-24)13-11-20-12-14-25(19(2)15-20)21-8-6-7-9-21/h12,14-18,21,29H,3-11,13H2,1-2H3. The van der Waals surface area contributed by atoms with Gasteiger partial charge in [-0.05, 0) is 91.8 Å². The molecule has 0 radical (unpaired) electrons. The van der Waals surface area contributed by atoms with Crippen LogP contribution in [0.2, 0.25) is 0 Å². The molecule has 3 aromatic rings. The Morgan fingerprint density at radius 2 is 1.79 bits per heavy atom. The van der Waals surface area contributed by atoms with E-state index in [4.69, 9.17) is 0 Å². The van der Waals surface area contributed by atoms with E-state index in [-0.39, 0.29) is 5.82 Å². The molecule has 0 amide bonds. The normalized spacial score (nSPS) is 14.9. The molecule has 29 heavy (non-hydrogen) atoms. The molecular weight excluding hydrogens is 357 g/mol. The second kappa shape index (κ2) is 9.15. The zero-order valence-corrected chi connectivity index (χ0v) is 18.0. The molecule has 0 spiro atoms. The summed E-state index contributed by atoms with van der Waals surface area (Å²) in [4.78, 5) is 3.40. The first-order valence-electron chi connectivity index (χ1n) is 11.5. The van der Waals surface area contributed by atoms with Crippen molar-refractivity contribution in [1.29, 1.82) is 0 Å². The Hall–Kier alpha value is -2.09. The zero-order valence-electron chi connectivity index (χ0n) is 18.0. The third kappa shape index (κ3) is 4.74. The highest BCUT2D eigenvalue weighted by Crippen LogP contribution is 2.36. The average Bonchev–Trinajstić information content (AvgIpc) is 3.36. The second-order valence-corrected chi connectivity index (χ2v) is 8.95. The quantitative estimate of drug-likeness (QED) is 0.377. The molecule has 0 unspecified atom stereocenters. The lowest BCUT2D eigenvalue weighted by molar-refractivity contribution is 0.610. The first-order valence-corrected chi connectivity index (χ1v) is 11.5. The van der Waals surface area contributed by atoms with Gasteiger partial charge in [-0.1, -0.05) is 50.8 Å². The third-order valence-corrected chi connectivity index (χ3v) is 6.71. The van der Waals surface area contributed by atoms with Crippen LogP contribution in [0.5, 0.6) is 0 Å². The topological polar surface area (TPSA) is 15.8 Å². The van der Waals surface area contributed by atoms with Gasteiger partial charge in [0, 0.05) is 16.6 Å². The van der Waals surface area contributed by atoms with Crippen LogP contribution in [0.4, 0.5) is 4.39 Å². The molecule has 154 valence electrons. The van der Waals surface area contributed by atoms with E-state index in [2.05, 4.69) is 43.1 Å². The Bertz CT molecular complexity index is 962. The second-order valence-electron chi connectivity index (χ2n) is 8.95. The minimum atomic E-state index is -0.0845. The number of H-pyrrole nitrogens is 1. The average molecular weight is 392 g/mol. The highest BCUT2D eigenvalue weighted by Gasteiger charge is 2.18. The van der Waals surface area contributed by atoms with Gasteiger partial charge in [0.25, 0.3) is 0 Å². The lowest BCUT2D eigenvalue weighted by atomic mass is 9.91. The van der Waals surface area contributed by atoms with Crippen molar-refractivity contribution in [2.45, 2.75) is 84.0 Å². The van der Waals surface area contributed by atoms with Gasteiger partial charge in [0.05, 0.1) is 0 Å². The number of aromatic nitrogens is 1. The number of hydrogen-bond acceptors (Lipinski definition) is 0. The molecule has 4 rings (SSSR count). The van der Waals surface area contributed by atoms with Gasteiger partial charge in [-0.25, -0.2) is 4.39 Å². The maximum absolute atomic E-state index is 14.7. The number of halogens is 1. The fourth-order valence-electron chi connectivity index (χ4n) is 5.02. The number of benzene rings is 2. The Morgan fingerprint density at radius 1 is 0.966 bits per heavy atom. The molecule has 0 saturated heterocycles. The molecular formula is C27H34FN.